The standard InChI is InChI=1S/C11H18FN6O13P3/c1-6-15-7(16-20)2-3-18(6)10-8(12)9(19)11(29-10,4-14-17-13)5-28-33(24,25)31-34(26,27)30-32(21,22)23/h2-3,8-10,19-20H,1,4-5H2,(H,15,16)(H,24,25)(H,26,27)(H2,21,22,23)/t8-,9+,10-,11-/m1/s1. The molecule has 2 rings (SSSR count). The highest BCUT2D eigenvalue weighted by Crippen LogP contribution is 2.66. The van der Waals surface area contributed by atoms with E-state index < -0.39 is 60.7 Å². The van der Waals surface area contributed by atoms with Crippen LogP contribution in [0.1, 0.15) is 0 Å². The number of alkyl halides is 1. The van der Waals surface area contributed by atoms with Gasteiger partial charge in [0.2, 0.25) is 0 Å². The number of nitrogens with one attached hydrogen (secondary N) is 1. The number of aliphatic imine (C=N–C) groups is 1. The molecule has 0 amide bonds. The zero-order chi connectivity index (χ0) is 25.9. The SMILES string of the molecule is C=C1N=C(NO)C=CN1[C@@H]1O[C@](CN=[N+]=[N-])(COP(=O)(O)OP(=O)(O)OP(=O)(O)O)[C@@H](O)[C@H]1F. The van der Waals surface area contributed by atoms with E-state index in [1.165, 1.54) is 0 Å². The fraction of sp³-hybridized carbons (Fsp3) is 0.545. The van der Waals surface area contributed by atoms with Crippen LogP contribution >= 0.6 is 23.5 Å². The first-order valence-electron chi connectivity index (χ1n) is 8.48. The monoisotopic (exact) mass is 554 g/mol. The quantitative estimate of drug-likeness (QED) is 0.0620. The smallest absolute Gasteiger partial charge is 0.387 e. The highest BCUT2D eigenvalue weighted by molar-refractivity contribution is 7.66. The van der Waals surface area contributed by atoms with E-state index >= 15 is 0 Å². The van der Waals surface area contributed by atoms with Crippen LogP contribution in [0.2, 0.25) is 0 Å². The van der Waals surface area contributed by atoms with Crippen LogP contribution in [0.25, 0.3) is 10.4 Å². The van der Waals surface area contributed by atoms with Gasteiger partial charge in [-0.15, -0.1) is 0 Å². The average Bonchev–Trinajstić information content (AvgIpc) is 2.93. The summed E-state index contributed by atoms with van der Waals surface area (Å²) in [4.78, 5) is 43.1. The van der Waals surface area contributed by atoms with Gasteiger partial charge in [0.25, 0.3) is 0 Å². The van der Waals surface area contributed by atoms with Crippen LogP contribution in [0.4, 0.5) is 4.39 Å². The Morgan fingerprint density at radius 3 is 2.50 bits per heavy atom. The number of phosphoric acid groups is 3. The topological polar surface area (TPSA) is 286 Å². The summed E-state index contributed by atoms with van der Waals surface area (Å²) in [6.07, 6.45) is -3.92. The summed E-state index contributed by atoms with van der Waals surface area (Å²) in [6.45, 7) is 1.32. The van der Waals surface area contributed by atoms with Gasteiger partial charge in [0.05, 0.1) is 13.2 Å². The zero-order valence-corrected chi connectivity index (χ0v) is 19.2. The van der Waals surface area contributed by atoms with Crippen molar-refractivity contribution in [1.82, 2.24) is 10.4 Å². The zero-order valence-electron chi connectivity index (χ0n) is 16.5. The Morgan fingerprint density at radius 2 is 1.97 bits per heavy atom. The Kier molecular flexibility index (Phi) is 8.80. The normalized spacial score (nSPS) is 30.8. The van der Waals surface area contributed by atoms with Crippen LogP contribution in [0.5, 0.6) is 0 Å². The van der Waals surface area contributed by atoms with Gasteiger partial charge in [0.15, 0.2) is 18.2 Å². The highest BCUT2D eigenvalue weighted by atomic mass is 31.3. The van der Waals surface area contributed by atoms with Crippen LogP contribution in [0, 0.1) is 0 Å². The maximum atomic E-state index is 15.0. The number of aliphatic hydroxyl groups is 1. The number of hydrogen-bond donors (Lipinski definition) is 7. The molecule has 0 aromatic heterocycles. The molecule has 6 atom stereocenters. The summed E-state index contributed by atoms with van der Waals surface area (Å²) in [5, 5.41) is 22.4. The van der Waals surface area contributed by atoms with Gasteiger partial charge < -0.3 is 34.3 Å². The first-order valence-corrected chi connectivity index (χ1v) is 13.0. The third-order valence-corrected chi connectivity index (χ3v) is 7.87. The minimum Gasteiger partial charge on any atom is -0.387 e. The molecule has 34 heavy (non-hydrogen) atoms. The van der Waals surface area contributed by atoms with Crippen LogP contribution in [-0.4, -0.2) is 77.9 Å². The molecule has 1 fully saturated rings. The molecule has 192 valence electrons. The molecule has 0 aliphatic carbocycles. The Balaban J connectivity index is 2.24. The number of azide groups is 1. The van der Waals surface area contributed by atoms with Crippen molar-refractivity contribution in [3.8, 4) is 0 Å². The Bertz CT molecular complexity index is 1060. The molecule has 2 aliphatic heterocycles. The summed E-state index contributed by atoms with van der Waals surface area (Å²) >= 11 is 0. The molecule has 0 aromatic rings. The molecule has 23 heteroatoms. The molecule has 7 N–H and O–H groups in total. The molecular weight excluding hydrogens is 536 g/mol. The van der Waals surface area contributed by atoms with Crippen LogP contribution < -0.4 is 5.48 Å². The number of rotatable bonds is 10. The van der Waals surface area contributed by atoms with Crippen molar-refractivity contribution in [2.24, 2.45) is 10.1 Å². The lowest BCUT2D eigenvalue weighted by Crippen LogP contribution is -2.48. The van der Waals surface area contributed by atoms with Crippen LogP contribution in [0.3, 0.4) is 0 Å². The largest absolute Gasteiger partial charge is 0.490 e. The Morgan fingerprint density at radius 1 is 1.32 bits per heavy atom. The van der Waals surface area contributed by atoms with Gasteiger partial charge in [-0.05, 0) is 11.6 Å². The second kappa shape index (κ2) is 10.5. The number of ether oxygens (including phenoxy) is 1. The van der Waals surface area contributed by atoms with Crippen molar-refractivity contribution in [3.63, 3.8) is 0 Å². The fourth-order valence-corrected chi connectivity index (χ4v) is 5.81. The van der Waals surface area contributed by atoms with Crippen molar-refractivity contribution in [2.45, 2.75) is 24.1 Å². The minimum absolute atomic E-state index is 0.0804. The van der Waals surface area contributed by atoms with Gasteiger partial charge in [0, 0.05) is 11.1 Å². The maximum absolute atomic E-state index is 15.0. The Hall–Kier alpha value is -1.72. The maximum Gasteiger partial charge on any atom is 0.490 e. The second-order valence-corrected chi connectivity index (χ2v) is 10.9. The summed E-state index contributed by atoms with van der Waals surface area (Å²) in [5.41, 5.74) is 7.95. The van der Waals surface area contributed by atoms with Crippen LogP contribution in [0.15, 0.2) is 34.8 Å². The van der Waals surface area contributed by atoms with E-state index in [1.54, 1.807) is 5.48 Å². The lowest BCUT2D eigenvalue weighted by Gasteiger charge is -2.33. The molecule has 0 aromatic carbocycles. The van der Waals surface area contributed by atoms with Gasteiger partial charge >= 0.3 is 23.5 Å². The van der Waals surface area contributed by atoms with Crippen molar-refractivity contribution in [3.05, 3.63) is 35.1 Å². The molecule has 0 spiro atoms. The van der Waals surface area contributed by atoms with Crippen molar-refractivity contribution >= 4 is 29.3 Å². The molecule has 2 aliphatic rings. The van der Waals surface area contributed by atoms with E-state index in [1.807, 2.05) is 0 Å². The third-order valence-electron chi connectivity index (χ3n) is 4.09. The van der Waals surface area contributed by atoms with Gasteiger partial charge in [-0.25, -0.2) is 23.1 Å². The van der Waals surface area contributed by atoms with E-state index in [2.05, 4.69) is 34.7 Å². The number of phosphoric ester groups is 1. The lowest BCUT2D eigenvalue weighted by atomic mass is 9.97. The van der Waals surface area contributed by atoms with Crippen molar-refractivity contribution < 1.29 is 65.9 Å². The summed E-state index contributed by atoms with van der Waals surface area (Å²) in [6, 6.07) is 0. The molecule has 2 unspecified atom stereocenters. The van der Waals surface area contributed by atoms with Gasteiger partial charge in [-0.2, -0.15) is 8.62 Å². The molecule has 0 bridgehead atoms. The van der Waals surface area contributed by atoms with E-state index in [-0.39, 0.29) is 11.7 Å². The summed E-state index contributed by atoms with van der Waals surface area (Å²) in [7, 11) is -17.2. The predicted molar refractivity (Wildman–Crippen MR) is 105 cm³/mol. The first kappa shape index (κ1) is 28.5. The predicted octanol–water partition coefficient (Wildman–Crippen LogP) is 0.112. The molecule has 0 saturated carbocycles. The van der Waals surface area contributed by atoms with Gasteiger partial charge in [-0.1, -0.05) is 11.7 Å². The third kappa shape index (κ3) is 7.14. The van der Waals surface area contributed by atoms with Crippen LogP contribution in [-0.2, 0) is 31.6 Å². The minimum atomic E-state index is -5.85. The number of nitrogens with zero attached hydrogens (tertiary/aromatic N) is 5. The summed E-state index contributed by atoms with van der Waals surface area (Å²) in [5.74, 6) is -0.269. The molecule has 19 nitrogen and oxygen atoms in total. The molecule has 1 saturated heterocycles. The van der Waals surface area contributed by atoms with E-state index in [9.17, 15) is 33.0 Å². The highest BCUT2D eigenvalue weighted by Gasteiger charge is 2.58. The number of halogens is 1. The number of hydroxylamine groups is 1. The fourth-order valence-electron chi connectivity index (χ4n) is 2.74. The second-order valence-electron chi connectivity index (χ2n) is 6.46. The van der Waals surface area contributed by atoms with Crippen molar-refractivity contribution in [1.29, 1.82) is 0 Å². The lowest BCUT2D eigenvalue weighted by molar-refractivity contribution is -0.126. The van der Waals surface area contributed by atoms with E-state index in [0.29, 0.717) is 0 Å². The first-order chi connectivity index (χ1) is 15.5. The van der Waals surface area contributed by atoms with E-state index in [4.69, 9.17) is 25.3 Å². The van der Waals surface area contributed by atoms with Crippen molar-refractivity contribution in [2.75, 3.05) is 13.2 Å². The number of hydrogen-bond acceptors (Lipinski definition) is 13. The average molecular weight is 554 g/mol. The van der Waals surface area contributed by atoms with E-state index in [0.717, 1.165) is 17.2 Å². The Labute approximate surface area is 188 Å². The number of aliphatic hydroxyl groups excluding tert-OH is 1. The summed E-state index contributed by atoms with van der Waals surface area (Å²) < 4.78 is 66.1. The van der Waals surface area contributed by atoms with Gasteiger partial charge in [-0.3, -0.25) is 15.2 Å². The van der Waals surface area contributed by atoms with Gasteiger partial charge in [0.1, 0.15) is 17.5 Å². The molecule has 0 radical (unpaired) electrons. The molecular formula is C11H18FN6O13P3. The number of amidine groups is 1. The molecule has 2 heterocycles.